The number of allylic oxidation sites excluding steroid dienone is 5. The van der Waals surface area contributed by atoms with Crippen LogP contribution < -0.4 is 10.6 Å². The highest BCUT2D eigenvalue weighted by atomic mass is 31.3. The maximum absolute atomic E-state index is 13.0. The van der Waals surface area contributed by atoms with E-state index >= 15 is 0 Å². The molecule has 21 heteroatoms. The van der Waals surface area contributed by atoms with Gasteiger partial charge in [0, 0.05) is 13.8 Å². The average molecular weight is 996 g/mol. The van der Waals surface area contributed by atoms with Crippen LogP contribution in [0.1, 0.15) is 127 Å². The topological polar surface area (TPSA) is 289 Å². The van der Waals surface area contributed by atoms with Crippen LogP contribution in [-0.4, -0.2) is 128 Å². The van der Waals surface area contributed by atoms with E-state index in [2.05, 4.69) is 87.9 Å². The van der Waals surface area contributed by atoms with Crippen molar-refractivity contribution in [3.05, 3.63) is 54.2 Å². The normalized spacial score (nSPS) is 29.2. The monoisotopic (exact) mass is 996 g/mol. The molecule has 2 amide bonds. The van der Waals surface area contributed by atoms with Gasteiger partial charge in [0.15, 0.2) is 12.6 Å². The molecule has 9 N–H and O–H groups in total. The Morgan fingerprint density at radius 1 is 0.657 bits per heavy atom. The Labute approximate surface area is 398 Å². The first-order chi connectivity index (χ1) is 31.4. The molecule has 0 aliphatic carbocycles. The molecule has 390 valence electrons. The first kappa shape index (κ1) is 61.2. The molecule has 0 aromatic rings. The third kappa shape index (κ3) is 23.7. The zero-order valence-corrected chi connectivity index (χ0v) is 42.6. The molecular formula is C46H81N2O17P2-3. The Morgan fingerprint density at radius 2 is 1.15 bits per heavy atom. The number of hydrogen-bond acceptors (Lipinski definition) is 15. The lowest BCUT2D eigenvalue weighted by Gasteiger charge is -2.48. The van der Waals surface area contributed by atoms with E-state index in [4.69, 9.17) is 23.3 Å². The van der Waals surface area contributed by atoms with Crippen molar-refractivity contribution in [2.24, 2.45) is 17.8 Å². The molecule has 2 rings (SSSR count). The Morgan fingerprint density at radius 3 is 1.69 bits per heavy atom. The molecular weight excluding hydrogens is 914 g/mol. The summed E-state index contributed by atoms with van der Waals surface area (Å²) in [6.45, 7) is 15.0. The second-order valence-corrected chi connectivity index (χ2v) is 21.2. The van der Waals surface area contributed by atoms with Gasteiger partial charge >= 0.3 is 15.6 Å². The van der Waals surface area contributed by atoms with Gasteiger partial charge in [0.25, 0.3) is 0 Å². The number of phosphoric ester groups is 2. The van der Waals surface area contributed by atoms with Gasteiger partial charge in [0.05, 0.1) is 19.8 Å². The fourth-order valence-electron chi connectivity index (χ4n) is 7.60. The van der Waals surface area contributed by atoms with E-state index in [0.717, 1.165) is 51.5 Å². The third-order valence-corrected chi connectivity index (χ3v) is 14.1. The highest BCUT2D eigenvalue weighted by molar-refractivity contribution is 7.61. The molecule has 14 atom stereocenters. The summed E-state index contributed by atoms with van der Waals surface area (Å²) in [5.74, 6) is 0.405. The molecule has 0 aromatic carbocycles. The summed E-state index contributed by atoms with van der Waals surface area (Å²) >= 11 is 0. The Bertz CT molecular complexity index is 1680. The van der Waals surface area contributed by atoms with E-state index in [1.807, 2.05) is 0 Å². The summed E-state index contributed by atoms with van der Waals surface area (Å²) in [6.07, 6.45) is 9.37. The van der Waals surface area contributed by atoms with Crippen molar-refractivity contribution in [1.29, 1.82) is 0 Å². The molecule has 0 aromatic heterocycles. The molecule has 0 bridgehead atoms. The van der Waals surface area contributed by atoms with Crippen molar-refractivity contribution in [3.63, 3.8) is 0 Å². The van der Waals surface area contributed by atoms with Gasteiger partial charge in [-0.2, -0.15) is 41.3 Å². The van der Waals surface area contributed by atoms with Gasteiger partial charge in [-0.25, -0.2) is 9.13 Å². The number of carbonyl (C=O) groups is 2. The fraction of sp³-hybridized carbons (Fsp3) is 0.761. The molecule has 0 radical (unpaired) electrons. The van der Waals surface area contributed by atoms with Crippen LogP contribution in [0.4, 0.5) is 0 Å². The van der Waals surface area contributed by atoms with Crippen LogP contribution in [0.25, 0.3) is 0 Å². The van der Waals surface area contributed by atoms with Crippen molar-refractivity contribution in [2.75, 3.05) is 19.8 Å². The quantitative estimate of drug-likeness (QED) is 0.0238. The van der Waals surface area contributed by atoms with Gasteiger partial charge in [-0.3, -0.25) is 18.6 Å². The number of amides is 2. The molecule has 2 saturated heterocycles. The molecule has 4 unspecified atom stereocenters. The number of nitrogens with one attached hydrogen (secondary N) is 2. The minimum absolute atomic E-state index is 0.470. The molecule has 19 nitrogen and oxygen atoms in total. The van der Waals surface area contributed by atoms with Gasteiger partial charge in [0.1, 0.15) is 48.7 Å². The van der Waals surface area contributed by atoms with Crippen molar-refractivity contribution in [1.82, 2.24) is 10.6 Å². The second kappa shape index (κ2) is 30.8. The summed E-state index contributed by atoms with van der Waals surface area (Å²) < 4.78 is 57.1. The van der Waals surface area contributed by atoms with Crippen LogP contribution in [0.3, 0.4) is 0 Å². The SMILES string of the molecule is CC(=O)N[C@@H]1[C@H](O[C@H]2[C@H](O)[C@@H](NC(C)=O)[C@@H](OP(=O)(O)OP(=O)(O)OC/C=C(/C)CC/C=C(/C)CC/C=C(/C)CC[CH-]C(C)CC[CH-]C(C)CC[CH-]C(C)C)O[C@@H]2CO)O[C@H](CO)[C@@H](O)[C@@H]1O. The molecule has 2 fully saturated rings. The summed E-state index contributed by atoms with van der Waals surface area (Å²) in [5, 5.41) is 56.8. The predicted octanol–water partition coefficient (Wildman–Crippen LogP) is 5.43. The zero-order valence-electron chi connectivity index (χ0n) is 40.8. The van der Waals surface area contributed by atoms with Crippen LogP contribution in [0, 0.1) is 37.0 Å². The van der Waals surface area contributed by atoms with E-state index in [0.29, 0.717) is 30.6 Å². The number of aliphatic hydroxyl groups is 5. The second-order valence-electron chi connectivity index (χ2n) is 18.2. The first-order valence-electron chi connectivity index (χ1n) is 23.3. The van der Waals surface area contributed by atoms with Gasteiger partial charge in [-0.15, -0.1) is 12.8 Å². The lowest BCUT2D eigenvalue weighted by molar-refractivity contribution is -0.325. The average Bonchev–Trinajstić information content (AvgIpc) is 3.21. The highest BCUT2D eigenvalue weighted by Gasteiger charge is 2.53. The lowest BCUT2D eigenvalue weighted by atomic mass is 9.91. The summed E-state index contributed by atoms with van der Waals surface area (Å²) in [6, 6.07) is -3.25. The van der Waals surface area contributed by atoms with E-state index < -0.39 is 109 Å². The zero-order chi connectivity index (χ0) is 50.5. The number of aliphatic hydroxyl groups excluding tert-OH is 5. The number of phosphoric acid groups is 2. The highest BCUT2D eigenvalue weighted by Crippen LogP contribution is 2.61. The minimum Gasteiger partial charge on any atom is -0.394 e. The van der Waals surface area contributed by atoms with Crippen LogP contribution >= 0.6 is 15.6 Å². The maximum Gasteiger partial charge on any atom is 0.483 e. The minimum atomic E-state index is -5.61. The number of rotatable bonds is 31. The Kier molecular flexibility index (Phi) is 28.1. The smallest absolute Gasteiger partial charge is 0.394 e. The number of ether oxygens (including phenoxy) is 3. The number of carbonyl (C=O) groups excluding carboxylic acids is 2. The molecule has 2 aliphatic rings. The van der Waals surface area contributed by atoms with E-state index in [9.17, 15) is 54.0 Å². The van der Waals surface area contributed by atoms with Crippen molar-refractivity contribution >= 4 is 27.5 Å². The lowest BCUT2D eigenvalue weighted by Crippen LogP contribution is -2.69. The van der Waals surface area contributed by atoms with E-state index in [1.54, 1.807) is 6.92 Å². The van der Waals surface area contributed by atoms with Crippen LogP contribution in [0.5, 0.6) is 0 Å². The fourth-order valence-corrected chi connectivity index (χ4v) is 9.69. The molecule has 2 aliphatic heterocycles. The molecule has 0 saturated carbocycles. The Hall–Kier alpha value is -1.90. The first-order valence-corrected chi connectivity index (χ1v) is 26.3. The summed E-state index contributed by atoms with van der Waals surface area (Å²) in [7, 11) is -10.9. The molecule has 0 spiro atoms. The van der Waals surface area contributed by atoms with Gasteiger partial charge in [-0.1, -0.05) is 69.1 Å². The predicted molar refractivity (Wildman–Crippen MR) is 251 cm³/mol. The van der Waals surface area contributed by atoms with Crippen LogP contribution in [-0.2, 0) is 46.3 Å². The van der Waals surface area contributed by atoms with Gasteiger partial charge < -0.3 is 79.4 Å². The van der Waals surface area contributed by atoms with Crippen molar-refractivity contribution in [2.45, 2.75) is 188 Å². The largest absolute Gasteiger partial charge is 0.483 e. The van der Waals surface area contributed by atoms with Crippen LogP contribution in [0.15, 0.2) is 34.9 Å². The van der Waals surface area contributed by atoms with E-state index in [1.165, 1.54) is 36.5 Å². The van der Waals surface area contributed by atoms with Crippen LogP contribution in [0.2, 0.25) is 0 Å². The van der Waals surface area contributed by atoms with Gasteiger partial charge in [-0.05, 0) is 46.5 Å². The van der Waals surface area contributed by atoms with Crippen molar-refractivity contribution < 1.29 is 81.6 Å². The Balaban J connectivity index is 1.86. The number of hydrogen-bond donors (Lipinski definition) is 9. The standard InChI is InChI=1S/C46H81N2O17P2/c1-29(2)15-10-16-30(3)17-11-18-31(4)19-12-20-32(5)21-13-22-33(6)23-14-24-34(7)25-26-60-66(56,57)65-67(58,59)64-46-40(48-36(9)52)43(55)44(38(28-50)62-46)63-45-39(47-35(8)51)42(54)41(53)37(27-49)61-45/h15,17,19,21,23,25,29-31,37-46,49-50,53-55H,10-14,16,18,20,22,24,26-28H2,1-9H3,(H,47,51)(H,48,52)(H,56,57)(H,58,59)/q-3/b32-21-,33-23-,34-25-/t30?,31?,37-,38-,39+,40-,41-,42-,43-,44-,45+,46-/m1/s1. The molecule has 2 heterocycles. The van der Waals surface area contributed by atoms with Crippen molar-refractivity contribution in [3.8, 4) is 0 Å². The molecule has 67 heavy (non-hydrogen) atoms. The summed E-state index contributed by atoms with van der Waals surface area (Å²) in [4.78, 5) is 44.9. The maximum atomic E-state index is 13.0. The summed E-state index contributed by atoms with van der Waals surface area (Å²) in [5.41, 5.74) is 3.43. The third-order valence-electron chi connectivity index (χ3n) is 11.5. The van der Waals surface area contributed by atoms with Gasteiger partial charge in [0.2, 0.25) is 11.8 Å². The van der Waals surface area contributed by atoms with E-state index in [-0.39, 0.29) is 0 Å².